The first kappa shape index (κ1) is 25.0. The predicted octanol–water partition coefficient (Wildman–Crippen LogP) is 4.47. The molecule has 0 spiro atoms. The summed E-state index contributed by atoms with van der Waals surface area (Å²) in [6.07, 6.45) is 0.372. The molecule has 1 aromatic carbocycles. The first-order valence-electron chi connectivity index (χ1n) is 7.97. The van der Waals surface area contributed by atoms with E-state index in [-0.39, 0.29) is 16.0 Å². The molecule has 158 valence electrons. The fraction of sp³-hybridized carbons (Fsp3) is 0.250. The third kappa shape index (κ3) is 8.80. The monoisotopic (exact) mass is 592 g/mol. The Hall–Kier alpha value is -0.232. The number of hydrogen-bond donors (Lipinski definition) is 3. The van der Waals surface area contributed by atoms with Crippen LogP contribution in [0.2, 0.25) is 0 Å². The molecule has 0 saturated heterocycles. The minimum atomic E-state index is -3.75. The second kappa shape index (κ2) is 10.4. The number of aliphatic imine (C=N–C) groups is 1. The summed E-state index contributed by atoms with van der Waals surface area (Å²) >= 11 is 1.10. The summed E-state index contributed by atoms with van der Waals surface area (Å²) < 4.78 is 32.5. The molecule has 1 aliphatic rings. The molecule has 2 aromatic rings. The Morgan fingerprint density at radius 3 is 2.28 bits per heavy atom. The molecule has 0 fully saturated rings. The summed E-state index contributed by atoms with van der Waals surface area (Å²) in [5.41, 5.74) is 0.963. The van der Waals surface area contributed by atoms with Crippen molar-refractivity contribution in [3.05, 3.63) is 53.5 Å². The molecule has 6 nitrogen and oxygen atoms in total. The van der Waals surface area contributed by atoms with Crippen LogP contribution >= 0.6 is 52.1 Å². The molecule has 1 unspecified atom stereocenters. The van der Waals surface area contributed by atoms with Gasteiger partial charge in [-0.2, -0.15) is 4.99 Å². The van der Waals surface area contributed by atoms with Crippen LogP contribution in [0.25, 0.3) is 0 Å². The van der Waals surface area contributed by atoms with Crippen molar-refractivity contribution < 1.29 is 27.5 Å². The second-order valence-corrected chi connectivity index (χ2v) is 32.2. The molecule has 3 rings (SSSR count). The molecule has 1 atom stereocenters. The standard InChI is InChI=1S/C16H16N2O4S2.Mo.2H2S.2S/c1-10-3-7-13(8-4-10)24(20,21)18-16-17-15(19)14(23-16)9-12-6-5-11(2)22-12;;;;;/h3-8,14H,9H2,1-2H3,(H,17,18,19);;2*1H2;;/q;+2;;;;/p-2. The molecule has 1 N–H and O–H groups in total. The van der Waals surface area contributed by atoms with E-state index in [4.69, 9.17) is 4.42 Å². The maximum atomic E-state index is 12.3. The number of hydrogen-bond acceptors (Lipinski definition) is 7. The number of aryl methyl sites for hydroxylation is 2. The zero-order valence-corrected chi connectivity index (χ0v) is 22.3. The number of amides is 1. The average molecular weight is 591 g/mol. The van der Waals surface area contributed by atoms with Gasteiger partial charge in [0.2, 0.25) is 0 Å². The van der Waals surface area contributed by atoms with Gasteiger partial charge in [-0.15, -0.1) is 0 Å². The third-order valence-electron chi connectivity index (χ3n) is 3.48. The van der Waals surface area contributed by atoms with Crippen molar-refractivity contribution >= 4 is 73.2 Å². The van der Waals surface area contributed by atoms with E-state index >= 15 is 0 Å². The van der Waals surface area contributed by atoms with Crippen LogP contribution in [0.5, 0.6) is 0 Å². The number of thiol groups is 2. The van der Waals surface area contributed by atoms with Gasteiger partial charge in [0.05, 0.1) is 4.90 Å². The van der Waals surface area contributed by atoms with Crippen LogP contribution in [0, 0.1) is 13.8 Å². The van der Waals surface area contributed by atoms with E-state index in [0.717, 1.165) is 23.1 Å². The molecule has 1 amide bonds. The van der Waals surface area contributed by atoms with Crippen LogP contribution in [0.4, 0.5) is 0 Å². The van der Waals surface area contributed by atoms with Gasteiger partial charge in [0.15, 0.2) is 5.17 Å². The second-order valence-electron chi connectivity index (χ2n) is 5.94. The molecule has 29 heavy (non-hydrogen) atoms. The van der Waals surface area contributed by atoms with Gasteiger partial charge >= 0.3 is 50.2 Å². The number of benzene rings is 1. The van der Waals surface area contributed by atoms with Gasteiger partial charge in [-0.25, -0.2) is 8.42 Å². The Kier molecular flexibility index (Phi) is 8.97. The van der Waals surface area contributed by atoms with Crippen LogP contribution < -0.4 is 4.72 Å². The zero-order chi connectivity index (χ0) is 21.8. The number of carbonyl (C=O) groups is 1. The van der Waals surface area contributed by atoms with Crippen molar-refractivity contribution in [1.82, 2.24) is 4.72 Å². The Bertz CT molecular complexity index is 1120. The van der Waals surface area contributed by atoms with Gasteiger partial charge in [0.25, 0.3) is 15.9 Å². The minimum absolute atomic E-state index is 0.0915. The number of nitrogens with zero attached hydrogens (tertiary/aromatic N) is 1. The number of thioether (sulfide) groups is 1. The molecule has 0 bridgehead atoms. The SMILES string of the molecule is Cc1ccc(S(=O)(=O)NC2=NC(=O)C(Cc3ccc(C)o3)S2)cc1.[S]=[Mo](=[S])([SH])[SH]. The van der Waals surface area contributed by atoms with E-state index in [2.05, 4.69) is 50.0 Å². The summed E-state index contributed by atoms with van der Waals surface area (Å²) in [6.45, 7) is 3.70. The van der Waals surface area contributed by atoms with Gasteiger partial charge in [0, 0.05) is 6.42 Å². The van der Waals surface area contributed by atoms with E-state index < -0.39 is 25.1 Å². The molecule has 2 heterocycles. The number of carbonyl (C=O) groups excluding carboxylic acids is 1. The fourth-order valence-electron chi connectivity index (χ4n) is 2.23. The summed E-state index contributed by atoms with van der Waals surface area (Å²) in [6, 6.07) is 10.1. The molecule has 1 aliphatic heterocycles. The van der Waals surface area contributed by atoms with Gasteiger partial charge in [0.1, 0.15) is 16.8 Å². The Morgan fingerprint density at radius 2 is 1.76 bits per heavy atom. The summed E-state index contributed by atoms with van der Waals surface area (Å²) in [4.78, 5) is 15.9. The van der Waals surface area contributed by atoms with Crippen LogP contribution in [-0.2, 0) is 31.1 Å². The average Bonchev–Trinajstić information content (AvgIpc) is 3.12. The van der Waals surface area contributed by atoms with Crippen LogP contribution in [0.3, 0.4) is 0 Å². The Morgan fingerprint density at radius 1 is 1.17 bits per heavy atom. The number of rotatable bonds is 4. The van der Waals surface area contributed by atoms with E-state index in [1.54, 1.807) is 18.2 Å². The normalized spacial score (nSPS) is 16.8. The number of amidine groups is 1. The van der Waals surface area contributed by atoms with Crippen molar-refractivity contribution in [2.45, 2.75) is 30.4 Å². The molecule has 13 heteroatoms. The van der Waals surface area contributed by atoms with Crippen molar-refractivity contribution in [3.8, 4) is 0 Å². The molecule has 0 radical (unpaired) electrons. The van der Waals surface area contributed by atoms with E-state index in [1.807, 2.05) is 19.9 Å². The molecular formula is C16H18MoN2O4S6. The van der Waals surface area contributed by atoms with Crippen molar-refractivity contribution in [3.63, 3.8) is 0 Å². The van der Waals surface area contributed by atoms with E-state index in [1.165, 1.54) is 12.1 Å². The van der Waals surface area contributed by atoms with Crippen molar-refractivity contribution in [2.75, 3.05) is 0 Å². The Labute approximate surface area is 192 Å². The fourth-order valence-corrected chi connectivity index (χ4v) is 4.45. The maximum absolute atomic E-state index is 12.3. The van der Waals surface area contributed by atoms with Crippen LogP contribution in [0.1, 0.15) is 17.1 Å². The number of sulfonamides is 1. The van der Waals surface area contributed by atoms with Crippen LogP contribution in [-0.4, -0.2) is 24.7 Å². The van der Waals surface area contributed by atoms with Gasteiger partial charge in [-0.05, 0) is 38.1 Å². The van der Waals surface area contributed by atoms with Gasteiger partial charge in [-0.3, -0.25) is 9.52 Å². The van der Waals surface area contributed by atoms with Gasteiger partial charge < -0.3 is 4.42 Å². The van der Waals surface area contributed by atoms with E-state index in [0.29, 0.717) is 12.2 Å². The van der Waals surface area contributed by atoms with E-state index in [9.17, 15) is 13.2 Å². The summed E-state index contributed by atoms with van der Waals surface area (Å²) in [5.74, 6) is 1.08. The molecular weight excluding hydrogens is 573 g/mol. The first-order valence-corrected chi connectivity index (χ1v) is 22.0. The first-order chi connectivity index (χ1) is 13.3. The summed E-state index contributed by atoms with van der Waals surface area (Å²) in [7, 11) is 10.5. The van der Waals surface area contributed by atoms with Gasteiger partial charge in [-0.1, -0.05) is 29.5 Å². The summed E-state index contributed by atoms with van der Waals surface area (Å²) in [5, 5.41) is -0.389. The quantitative estimate of drug-likeness (QED) is 0.358. The molecule has 0 aliphatic carbocycles. The Balaban J connectivity index is 0.000000537. The van der Waals surface area contributed by atoms with Crippen molar-refractivity contribution in [2.24, 2.45) is 4.99 Å². The predicted molar refractivity (Wildman–Crippen MR) is 126 cm³/mol. The van der Waals surface area contributed by atoms with Crippen LogP contribution in [0.15, 0.2) is 50.7 Å². The van der Waals surface area contributed by atoms with Crippen molar-refractivity contribution in [1.29, 1.82) is 0 Å². The molecule has 1 aromatic heterocycles. The number of nitrogens with one attached hydrogen (secondary N) is 1. The molecule has 0 saturated carbocycles. The topological polar surface area (TPSA) is 88.7 Å². The number of furan rings is 1. The third-order valence-corrected chi connectivity index (χ3v) is 6.03. The zero-order valence-electron chi connectivity index (χ0n) is 15.3.